The van der Waals surface area contributed by atoms with Crippen molar-refractivity contribution in [2.75, 3.05) is 0 Å². The summed E-state index contributed by atoms with van der Waals surface area (Å²) in [6, 6.07) is 4.09. The largest absolute Gasteiger partial charge is 0.411 e. The molecule has 0 radical (unpaired) electrons. The van der Waals surface area contributed by atoms with Crippen molar-refractivity contribution in [3.05, 3.63) is 62.9 Å². The van der Waals surface area contributed by atoms with E-state index >= 15 is 0 Å². The van der Waals surface area contributed by atoms with Crippen LogP contribution in [0.1, 0.15) is 34.3 Å². The van der Waals surface area contributed by atoms with Crippen LogP contribution >= 0.6 is 23.2 Å². The van der Waals surface area contributed by atoms with E-state index in [1.807, 2.05) is 0 Å². The lowest BCUT2D eigenvalue weighted by atomic mass is 9.90. The molecule has 2 aromatic rings. The Morgan fingerprint density at radius 3 is 2.38 bits per heavy atom. The van der Waals surface area contributed by atoms with Gasteiger partial charge in [-0.25, -0.2) is 17.6 Å². The highest BCUT2D eigenvalue weighted by Gasteiger charge is 2.35. The number of sulfonamides is 1. The van der Waals surface area contributed by atoms with Gasteiger partial charge in [-0.1, -0.05) is 30.1 Å². The number of carbonyl (C=O) groups is 2. The zero-order valence-electron chi connectivity index (χ0n) is 16.8. The molecular weight excluding hydrogens is 486 g/mol. The van der Waals surface area contributed by atoms with Crippen molar-refractivity contribution < 1.29 is 27.1 Å². The van der Waals surface area contributed by atoms with Gasteiger partial charge in [0.1, 0.15) is 11.9 Å². The molecule has 9 nitrogen and oxygen atoms in total. The van der Waals surface area contributed by atoms with Crippen molar-refractivity contribution in [1.82, 2.24) is 4.72 Å². The Balaban J connectivity index is 2.61. The minimum Gasteiger partial charge on any atom is -0.394 e. The second kappa shape index (κ2) is 9.82. The highest BCUT2D eigenvalue weighted by atomic mass is 35.5. The van der Waals surface area contributed by atoms with Gasteiger partial charge in [0.05, 0.1) is 10.5 Å². The van der Waals surface area contributed by atoms with E-state index in [4.69, 9.17) is 40.1 Å². The molecule has 0 aliphatic heterocycles. The van der Waals surface area contributed by atoms with Crippen molar-refractivity contribution in [2.45, 2.75) is 30.7 Å². The molecule has 0 fully saturated rings. The molecule has 0 bridgehead atoms. The van der Waals surface area contributed by atoms with Gasteiger partial charge >= 0.3 is 6.09 Å². The van der Waals surface area contributed by atoms with Gasteiger partial charge in [-0.2, -0.15) is 4.72 Å². The maximum absolute atomic E-state index is 14.6. The molecule has 32 heavy (non-hydrogen) atoms. The van der Waals surface area contributed by atoms with E-state index in [-0.39, 0.29) is 15.6 Å². The average Bonchev–Trinajstić information content (AvgIpc) is 2.68. The fourth-order valence-electron chi connectivity index (χ4n) is 3.11. The van der Waals surface area contributed by atoms with Crippen LogP contribution in [0.4, 0.5) is 9.18 Å². The summed E-state index contributed by atoms with van der Waals surface area (Å²) in [4.78, 5) is 22.4. The van der Waals surface area contributed by atoms with E-state index in [0.29, 0.717) is 5.56 Å². The van der Waals surface area contributed by atoms with E-state index in [2.05, 4.69) is 9.46 Å². The zero-order valence-corrected chi connectivity index (χ0v) is 19.1. The Kier molecular flexibility index (Phi) is 7.83. The molecule has 2 rings (SSSR count). The lowest BCUT2D eigenvalue weighted by Crippen LogP contribution is -2.46. The molecule has 2 aromatic carbocycles. The van der Waals surface area contributed by atoms with E-state index < -0.39 is 56.2 Å². The van der Waals surface area contributed by atoms with Gasteiger partial charge in [-0.3, -0.25) is 10.2 Å². The molecule has 0 saturated carbocycles. The topological polar surface area (TPSA) is 165 Å². The van der Waals surface area contributed by atoms with Crippen LogP contribution in [0.25, 0.3) is 0 Å². The van der Waals surface area contributed by atoms with Crippen molar-refractivity contribution >= 4 is 51.1 Å². The first-order chi connectivity index (χ1) is 14.8. The third-order valence-corrected chi connectivity index (χ3v) is 6.77. The number of halogens is 3. The van der Waals surface area contributed by atoms with Gasteiger partial charge in [0.2, 0.25) is 21.8 Å². The van der Waals surface area contributed by atoms with Crippen LogP contribution in [0.5, 0.6) is 0 Å². The Morgan fingerprint density at radius 1 is 1.19 bits per heavy atom. The summed E-state index contributed by atoms with van der Waals surface area (Å²) in [6.45, 7) is 2.90. The minimum atomic E-state index is -4.56. The predicted octanol–water partition coefficient (Wildman–Crippen LogP) is 3.06. The lowest BCUT2D eigenvalue weighted by molar-refractivity contribution is 0.0997. The molecule has 13 heteroatoms. The smallest absolute Gasteiger partial charge is 0.394 e. The number of hydrogen-bond donors (Lipinski definition) is 4. The Hall–Kier alpha value is -2.73. The fraction of sp³-hybridized carbons (Fsp3) is 0.211. The third-order valence-electron chi connectivity index (χ3n) is 4.62. The van der Waals surface area contributed by atoms with E-state index in [9.17, 15) is 22.4 Å². The number of benzene rings is 2. The van der Waals surface area contributed by atoms with Crippen LogP contribution in [0.2, 0.25) is 10.0 Å². The number of primary amides is 2. The van der Waals surface area contributed by atoms with Crippen molar-refractivity contribution in [3.63, 3.8) is 0 Å². The standard InChI is InChI=1S/C19H19Cl2FN4O5S/c1-8-12(21)4-5-13(22)15(8)9(2)16(18(24)31-19(25)28)26-32(29,30)14-6-3-10(20)7-11(14)17(23)27/h3-7,9,16,24,26H,1-2H3,(H2,23,27)(H2,25,28). The third kappa shape index (κ3) is 5.54. The number of ether oxygens (including phenoxy) is 1. The summed E-state index contributed by atoms with van der Waals surface area (Å²) in [5, 5.41) is 8.31. The number of nitrogens with two attached hydrogens (primary N) is 2. The summed E-state index contributed by atoms with van der Waals surface area (Å²) in [7, 11) is -4.56. The van der Waals surface area contributed by atoms with E-state index in [1.165, 1.54) is 26.0 Å². The highest BCUT2D eigenvalue weighted by Crippen LogP contribution is 2.32. The Morgan fingerprint density at radius 2 is 1.81 bits per heavy atom. The Labute approximate surface area is 193 Å². The first kappa shape index (κ1) is 25.5. The van der Waals surface area contributed by atoms with Crippen LogP contribution in [0.15, 0.2) is 35.2 Å². The molecule has 172 valence electrons. The first-order valence-electron chi connectivity index (χ1n) is 8.88. The van der Waals surface area contributed by atoms with Gasteiger partial charge < -0.3 is 16.2 Å². The number of hydrogen-bond acceptors (Lipinski definition) is 6. The highest BCUT2D eigenvalue weighted by molar-refractivity contribution is 7.89. The van der Waals surface area contributed by atoms with Crippen molar-refractivity contribution in [1.29, 1.82) is 5.41 Å². The molecule has 0 spiro atoms. The second-order valence-corrected chi connectivity index (χ2v) is 9.27. The van der Waals surface area contributed by atoms with E-state index in [1.54, 1.807) is 0 Å². The van der Waals surface area contributed by atoms with Crippen LogP contribution in [-0.2, 0) is 14.8 Å². The normalized spacial score (nSPS) is 13.3. The van der Waals surface area contributed by atoms with Gasteiger partial charge in [0.25, 0.3) is 0 Å². The lowest BCUT2D eigenvalue weighted by Gasteiger charge is -2.27. The fourth-order valence-corrected chi connectivity index (χ4v) is 4.91. The molecule has 6 N–H and O–H groups in total. The molecule has 2 unspecified atom stereocenters. The number of nitrogens with one attached hydrogen (secondary N) is 2. The zero-order chi connectivity index (χ0) is 24.4. The minimum absolute atomic E-state index is 0.0192. The van der Waals surface area contributed by atoms with Crippen molar-refractivity contribution in [3.8, 4) is 0 Å². The maximum Gasteiger partial charge on any atom is 0.411 e. The average molecular weight is 505 g/mol. The molecule has 0 heterocycles. The van der Waals surface area contributed by atoms with E-state index in [0.717, 1.165) is 18.2 Å². The molecule has 2 atom stereocenters. The van der Waals surface area contributed by atoms with Crippen LogP contribution in [0, 0.1) is 18.2 Å². The number of amides is 2. The van der Waals surface area contributed by atoms with Crippen LogP contribution in [0.3, 0.4) is 0 Å². The van der Waals surface area contributed by atoms with Gasteiger partial charge in [-0.05, 0) is 48.4 Å². The molecule has 0 aromatic heterocycles. The Bertz CT molecular complexity index is 1210. The monoisotopic (exact) mass is 504 g/mol. The van der Waals surface area contributed by atoms with Gasteiger partial charge in [-0.15, -0.1) is 0 Å². The first-order valence-corrected chi connectivity index (χ1v) is 11.1. The van der Waals surface area contributed by atoms with Crippen LogP contribution < -0.4 is 16.2 Å². The second-order valence-electron chi connectivity index (χ2n) is 6.75. The summed E-state index contributed by atoms with van der Waals surface area (Å²) in [6.07, 6.45) is -1.38. The van der Waals surface area contributed by atoms with Gasteiger partial charge in [0.15, 0.2) is 0 Å². The maximum atomic E-state index is 14.6. The molecule has 2 amide bonds. The quantitative estimate of drug-likeness (QED) is 0.335. The van der Waals surface area contributed by atoms with Crippen LogP contribution in [-0.4, -0.2) is 32.4 Å². The summed E-state index contributed by atoms with van der Waals surface area (Å²) in [5.41, 5.74) is 10.1. The summed E-state index contributed by atoms with van der Waals surface area (Å²) < 4.78 is 47.5. The summed E-state index contributed by atoms with van der Waals surface area (Å²) in [5.74, 6) is -3.79. The number of rotatable bonds is 7. The van der Waals surface area contributed by atoms with Crippen molar-refractivity contribution in [2.24, 2.45) is 11.5 Å². The molecule has 0 aliphatic rings. The predicted molar refractivity (Wildman–Crippen MR) is 117 cm³/mol. The van der Waals surface area contributed by atoms with Gasteiger partial charge in [0, 0.05) is 16.0 Å². The molecule has 0 aliphatic carbocycles. The molecular formula is C19H19Cl2FN4O5S. The molecule has 0 saturated heterocycles. The SMILES string of the molecule is Cc1c(Cl)ccc(F)c1C(C)C(NS(=O)(=O)c1ccc(Cl)cc1C(N)=O)C(=N)OC(N)=O. The number of carbonyl (C=O) groups excluding carboxylic acids is 2. The summed E-state index contributed by atoms with van der Waals surface area (Å²) >= 11 is 11.9.